The Bertz CT molecular complexity index is 1170. The van der Waals surface area contributed by atoms with E-state index in [0.29, 0.717) is 25.1 Å². The van der Waals surface area contributed by atoms with Crippen molar-refractivity contribution in [2.45, 2.75) is 24.8 Å². The number of benzene rings is 2. The summed E-state index contributed by atoms with van der Waals surface area (Å²) in [6.07, 6.45) is -4.66. The summed E-state index contributed by atoms with van der Waals surface area (Å²) >= 11 is 0. The van der Waals surface area contributed by atoms with E-state index in [1.165, 1.54) is 0 Å². The van der Waals surface area contributed by atoms with Gasteiger partial charge < -0.3 is 20.3 Å². The van der Waals surface area contributed by atoms with Crippen molar-refractivity contribution in [1.29, 1.82) is 5.26 Å². The number of hydrogen-bond donors (Lipinski definition) is 2. The zero-order valence-corrected chi connectivity index (χ0v) is 17.4. The molecule has 3 N–H and O–H groups in total. The molecule has 1 aliphatic heterocycles. The molecule has 4 rings (SSSR count). The van der Waals surface area contributed by atoms with Gasteiger partial charge in [-0.2, -0.15) is 18.4 Å². The Balaban J connectivity index is 0.000000383. The van der Waals surface area contributed by atoms with Crippen LogP contribution in [-0.4, -0.2) is 52.1 Å². The minimum Gasteiger partial charge on any atom is -0.475 e. The summed E-state index contributed by atoms with van der Waals surface area (Å²) in [7, 11) is 0. The van der Waals surface area contributed by atoms with Gasteiger partial charge in [-0.15, -0.1) is 0 Å². The van der Waals surface area contributed by atoms with Crippen LogP contribution in [0.2, 0.25) is 0 Å². The molecule has 0 unspecified atom stereocenters. The molecule has 174 valence electrons. The molecular formula is C22H21F4N5O2. The Morgan fingerprint density at radius 2 is 1.85 bits per heavy atom. The number of halogens is 4. The van der Waals surface area contributed by atoms with Gasteiger partial charge in [0.25, 0.3) is 0 Å². The number of nitrogens with zero attached hydrogens (tertiary/aromatic N) is 4. The van der Waals surface area contributed by atoms with Crippen molar-refractivity contribution in [1.82, 2.24) is 9.55 Å². The van der Waals surface area contributed by atoms with E-state index in [2.05, 4.69) is 10.6 Å². The molecule has 2 heterocycles. The molecule has 11 heteroatoms. The summed E-state index contributed by atoms with van der Waals surface area (Å²) in [6.45, 7) is 1.50. The number of hydrogen-bond acceptors (Lipinski definition) is 5. The predicted molar refractivity (Wildman–Crippen MR) is 113 cm³/mol. The van der Waals surface area contributed by atoms with Crippen LogP contribution in [0.4, 0.5) is 23.5 Å². The minimum atomic E-state index is -5.08. The number of aromatic nitrogens is 2. The number of anilines is 1. The first-order valence-electron chi connectivity index (χ1n) is 9.95. The van der Waals surface area contributed by atoms with Crippen LogP contribution >= 0.6 is 0 Å². The van der Waals surface area contributed by atoms with Gasteiger partial charge in [-0.1, -0.05) is 24.3 Å². The summed E-state index contributed by atoms with van der Waals surface area (Å²) in [6, 6.07) is 17.6. The average Bonchev–Trinajstić information content (AvgIpc) is 3.35. The standard InChI is InChI=1S/C20H20FN5.C2HF3O2/c21-20(13-23)9-10-25(14-20)19-24-17-3-1-2-4-18(17)26(19)12-16-7-5-15(11-22)6-8-16;3-2(4,5)1(6)7/h1-8H,9-10,12-14,23H2;(H,6,7)/t20-;/m0./s1. The van der Waals surface area contributed by atoms with Gasteiger partial charge in [0.1, 0.15) is 5.67 Å². The van der Waals surface area contributed by atoms with Gasteiger partial charge >= 0.3 is 12.1 Å². The Kier molecular flexibility index (Phi) is 6.88. The van der Waals surface area contributed by atoms with Crippen molar-refractivity contribution in [3.05, 3.63) is 59.7 Å². The maximum Gasteiger partial charge on any atom is 0.490 e. The van der Waals surface area contributed by atoms with E-state index in [1.54, 1.807) is 0 Å². The second-order valence-corrected chi connectivity index (χ2v) is 7.62. The third-order valence-electron chi connectivity index (χ3n) is 5.25. The number of carboxylic acids is 1. The van der Waals surface area contributed by atoms with E-state index in [1.807, 2.05) is 53.4 Å². The highest BCUT2D eigenvalue weighted by molar-refractivity contribution is 5.79. The van der Waals surface area contributed by atoms with Crippen LogP contribution in [0.1, 0.15) is 17.5 Å². The predicted octanol–water partition coefficient (Wildman–Crippen LogP) is 3.47. The lowest BCUT2D eigenvalue weighted by atomic mass is 10.1. The average molecular weight is 463 g/mol. The summed E-state index contributed by atoms with van der Waals surface area (Å²) in [4.78, 5) is 15.6. The van der Waals surface area contributed by atoms with Crippen molar-refractivity contribution in [2.24, 2.45) is 5.73 Å². The van der Waals surface area contributed by atoms with Gasteiger partial charge in [-0.05, 0) is 29.8 Å². The monoisotopic (exact) mass is 463 g/mol. The fraction of sp³-hybridized carbons (Fsp3) is 0.318. The van der Waals surface area contributed by atoms with Gasteiger partial charge in [0.05, 0.1) is 35.8 Å². The third-order valence-corrected chi connectivity index (χ3v) is 5.25. The molecule has 0 radical (unpaired) electrons. The lowest BCUT2D eigenvalue weighted by Gasteiger charge is -2.21. The molecule has 1 aromatic heterocycles. The van der Waals surface area contributed by atoms with Crippen LogP contribution in [0.25, 0.3) is 11.0 Å². The number of nitriles is 1. The van der Waals surface area contributed by atoms with E-state index in [0.717, 1.165) is 22.5 Å². The van der Waals surface area contributed by atoms with Crippen LogP contribution in [0.3, 0.4) is 0 Å². The lowest BCUT2D eigenvalue weighted by Crippen LogP contribution is -2.37. The normalized spacial score (nSPS) is 18.0. The fourth-order valence-electron chi connectivity index (χ4n) is 3.50. The van der Waals surface area contributed by atoms with Gasteiger partial charge in [0.15, 0.2) is 0 Å². The Labute approximate surface area is 186 Å². The van der Waals surface area contributed by atoms with Crippen molar-refractivity contribution in [3.63, 3.8) is 0 Å². The smallest absolute Gasteiger partial charge is 0.475 e. The number of carboxylic acid groups (broad SMARTS) is 1. The number of rotatable bonds is 4. The van der Waals surface area contributed by atoms with Gasteiger partial charge in [-0.3, -0.25) is 0 Å². The zero-order chi connectivity index (χ0) is 24.2. The topological polar surface area (TPSA) is 108 Å². The minimum absolute atomic E-state index is 0.0271. The molecule has 0 aliphatic carbocycles. The summed E-state index contributed by atoms with van der Waals surface area (Å²) in [5.41, 5.74) is 7.87. The van der Waals surface area contributed by atoms with Crippen molar-refractivity contribution < 1.29 is 27.5 Å². The number of alkyl halides is 4. The zero-order valence-electron chi connectivity index (χ0n) is 17.4. The van der Waals surface area contributed by atoms with Gasteiger partial charge in [0, 0.05) is 19.5 Å². The molecule has 2 aromatic carbocycles. The largest absolute Gasteiger partial charge is 0.490 e. The second kappa shape index (κ2) is 9.46. The van der Waals surface area contributed by atoms with E-state index in [4.69, 9.17) is 25.9 Å². The molecule has 1 atom stereocenters. The molecule has 1 saturated heterocycles. The number of imidazole rings is 1. The highest BCUT2D eigenvalue weighted by Gasteiger charge is 2.39. The number of nitrogens with two attached hydrogens (primary N) is 1. The van der Waals surface area contributed by atoms with Crippen molar-refractivity contribution in [3.8, 4) is 6.07 Å². The van der Waals surface area contributed by atoms with Gasteiger partial charge in [0.2, 0.25) is 5.95 Å². The van der Waals surface area contributed by atoms with E-state index < -0.39 is 17.8 Å². The van der Waals surface area contributed by atoms with E-state index in [-0.39, 0.29) is 13.1 Å². The van der Waals surface area contributed by atoms with Crippen molar-refractivity contribution in [2.75, 3.05) is 24.5 Å². The first-order chi connectivity index (χ1) is 15.6. The Morgan fingerprint density at radius 3 is 2.39 bits per heavy atom. The summed E-state index contributed by atoms with van der Waals surface area (Å²) in [5.74, 6) is -1.99. The quantitative estimate of drug-likeness (QED) is 0.574. The third kappa shape index (κ3) is 5.59. The first-order valence-corrected chi connectivity index (χ1v) is 9.95. The molecule has 0 saturated carbocycles. The lowest BCUT2D eigenvalue weighted by molar-refractivity contribution is -0.192. The maximum absolute atomic E-state index is 14.6. The van der Waals surface area contributed by atoms with Crippen LogP contribution in [0.5, 0.6) is 0 Å². The van der Waals surface area contributed by atoms with Crippen LogP contribution in [-0.2, 0) is 11.3 Å². The molecule has 0 amide bonds. The molecule has 1 fully saturated rings. The number of aliphatic carboxylic acids is 1. The molecule has 0 bridgehead atoms. The number of carbonyl (C=O) groups is 1. The number of fused-ring (bicyclic) bond motifs is 1. The summed E-state index contributed by atoms with van der Waals surface area (Å²) < 4.78 is 48.5. The van der Waals surface area contributed by atoms with Gasteiger partial charge in [-0.25, -0.2) is 14.2 Å². The Hall–Kier alpha value is -3.65. The van der Waals surface area contributed by atoms with E-state index in [9.17, 15) is 17.6 Å². The molecule has 1 aliphatic rings. The van der Waals surface area contributed by atoms with E-state index >= 15 is 0 Å². The highest BCUT2D eigenvalue weighted by atomic mass is 19.4. The SMILES string of the molecule is N#Cc1ccc(Cn2c(N3CC[C@](F)(CN)C3)nc3ccccc32)cc1.O=C(O)C(F)(F)F. The van der Waals surface area contributed by atoms with Crippen LogP contribution < -0.4 is 10.6 Å². The highest BCUT2D eigenvalue weighted by Crippen LogP contribution is 2.31. The molecule has 33 heavy (non-hydrogen) atoms. The fourth-order valence-corrected chi connectivity index (χ4v) is 3.50. The Morgan fingerprint density at radius 1 is 1.21 bits per heavy atom. The summed E-state index contributed by atoms with van der Waals surface area (Å²) in [5, 5.41) is 16.1. The van der Waals surface area contributed by atoms with Crippen LogP contribution in [0, 0.1) is 11.3 Å². The second-order valence-electron chi connectivity index (χ2n) is 7.62. The molecular weight excluding hydrogens is 442 g/mol. The molecule has 3 aromatic rings. The maximum atomic E-state index is 14.6. The van der Waals surface area contributed by atoms with Crippen LogP contribution in [0.15, 0.2) is 48.5 Å². The molecule has 7 nitrogen and oxygen atoms in total. The molecule has 0 spiro atoms. The van der Waals surface area contributed by atoms with Crippen molar-refractivity contribution >= 4 is 23.0 Å². The number of para-hydroxylation sites is 2. The first kappa shape index (κ1) is 24.0.